The van der Waals surface area contributed by atoms with Crippen LogP contribution in [0, 0.1) is 15.2 Å². The molecule has 8 heteroatoms. The molecule has 0 aliphatic carbocycles. The molecule has 2 heterocycles. The highest BCUT2D eigenvalue weighted by Crippen LogP contribution is 2.33. The van der Waals surface area contributed by atoms with Gasteiger partial charge in [0.05, 0.1) is 5.52 Å². The number of ether oxygens (including phenoxy) is 1. The maximum Gasteiger partial charge on any atom is 0.199 e. The number of aromatic amines is 2. The third kappa shape index (κ3) is 4.02. The zero-order valence-corrected chi connectivity index (χ0v) is 18.2. The summed E-state index contributed by atoms with van der Waals surface area (Å²) in [5, 5.41) is 8.69. The summed E-state index contributed by atoms with van der Waals surface area (Å²) in [7, 11) is 0. The van der Waals surface area contributed by atoms with Gasteiger partial charge in [0.25, 0.3) is 0 Å². The van der Waals surface area contributed by atoms with Crippen molar-refractivity contribution in [3.8, 4) is 22.9 Å². The molecule has 0 fully saturated rings. The summed E-state index contributed by atoms with van der Waals surface area (Å²) < 4.78 is 35.8. The summed E-state index contributed by atoms with van der Waals surface area (Å²) in [6.07, 6.45) is 2.17. The molecular formula is C23H15F2IN4O. The predicted octanol–water partition coefficient (Wildman–Crippen LogP) is 6.22. The van der Waals surface area contributed by atoms with E-state index in [0.717, 1.165) is 15.0 Å². The number of nitrogens with one attached hydrogen (secondary N) is 2. The summed E-state index contributed by atoms with van der Waals surface area (Å²) in [6, 6.07) is 17.7. The Bertz CT molecular complexity index is 1400. The van der Waals surface area contributed by atoms with Gasteiger partial charge in [0, 0.05) is 33.2 Å². The molecule has 2 N–H and O–H groups in total. The van der Waals surface area contributed by atoms with Crippen LogP contribution in [0.1, 0.15) is 11.4 Å². The van der Waals surface area contributed by atoms with Crippen LogP contribution in [-0.2, 0) is 6.42 Å². The fourth-order valence-electron chi connectivity index (χ4n) is 3.38. The Hall–Kier alpha value is -3.27. The van der Waals surface area contributed by atoms with Crippen LogP contribution in [-0.4, -0.2) is 20.2 Å². The van der Waals surface area contributed by atoms with Crippen LogP contribution in [0.5, 0.6) is 11.5 Å². The number of aromatic nitrogens is 4. The Kier molecular flexibility index (Phi) is 5.14. The third-order valence-electron chi connectivity index (χ3n) is 4.82. The molecule has 0 saturated carbocycles. The Morgan fingerprint density at radius 2 is 1.84 bits per heavy atom. The fourth-order valence-corrected chi connectivity index (χ4v) is 3.99. The van der Waals surface area contributed by atoms with Crippen molar-refractivity contribution in [1.82, 2.24) is 20.2 Å². The minimum absolute atomic E-state index is 0.267. The number of nitrogens with zero attached hydrogens (tertiary/aromatic N) is 2. The fraction of sp³-hybridized carbons (Fsp3) is 0.0435. The van der Waals surface area contributed by atoms with Gasteiger partial charge in [-0.3, -0.25) is 0 Å². The molecule has 0 amide bonds. The van der Waals surface area contributed by atoms with Crippen molar-refractivity contribution >= 4 is 33.5 Å². The van der Waals surface area contributed by atoms with E-state index < -0.39 is 17.4 Å². The van der Waals surface area contributed by atoms with Gasteiger partial charge in [-0.05, 0) is 58.5 Å². The normalized spacial score (nSPS) is 11.2. The summed E-state index contributed by atoms with van der Waals surface area (Å²) in [5.41, 5.74) is 2.19. The molecular weight excluding hydrogens is 513 g/mol. The SMILES string of the molecule is Fc1cc2[nH]ccc2c(F)c1Oc1cccc(-c2nnc(Cc3cccc(I)c3)[nH]2)c1. The summed E-state index contributed by atoms with van der Waals surface area (Å²) in [4.78, 5) is 5.99. The number of hydrogen-bond donors (Lipinski definition) is 2. The number of hydrogen-bond acceptors (Lipinski definition) is 3. The minimum Gasteiger partial charge on any atom is -0.451 e. The highest BCUT2D eigenvalue weighted by molar-refractivity contribution is 14.1. The van der Waals surface area contributed by atoms with Crippen LogP contribution in [0.3, 0.4) is 0 Å². The monoisotopic (exact) mass is 528 g/mol. The quantitative estimate of drug-likeness (QED) is 0.267. The second-order valence-corrected chi connectivity index (χ2v) is 8.24. The largest absolute Gasteiger partial charge is 0.451 e. The molecule has 154 valence electrons. The van der Waals surface area contributed by atoms with E-state index in [0.29, 0.717) is 29.1 Å². The highest BCUT2D eigenvalue weighted by atomic mass is 127. The standard InChI is InChI=1S/C23H15F2IN4O/c24-18-12-19-17(7-8-27-19)21(25)22(18)31-16-6-2-4-14(11-16)23-28-20(29-30-23)10-13-3-1-5-15(26)9-13/h1-9,11-12,27H,10H2,(H,28,29,30). The van der Waals surface area contributed by atoms with Gasteiger partial charge in [-0.1, -0.05) is 24.3 Å². The zero-order valence-electron chi connectivity index (χ0n) is 16.0. The molecule has 0 aliphatic heterocycles. The van der Waals surface area contributed by atoms with Gasteiger partial charge in [0.2, 0.25) is 0 Å². The summed E-state index contributed by atoms with van der Waals surface area (Å²) in [5.74, 6) is -0.410. The highest BCUT2D eigenvalue weighted by Gasteiger charge is 2.17. The first-order valence-electron chi connectivity index (χ1n) is 9.46. The lowest BCUT2D eigenvalue weighted by atomic mass is 10.1. The van der Waals surface area contributed by atoms with Crippen molar-refractivity contribution in [2.24, 2.45) is 0 Å². The van der Waals surface area contributed by atoms with E-state index in [1.807, 2.05) is 24.3 Å². The molecule has 0 bridgehead atoms. The molecule has 3 aromatic carbocycles. The van der Waals surface area contributed by atoms with E-state index in [9.17, 15) is 8.78 Å². The lowest BCUT2D eigenvalue weighted by Gasteiger charge is -2.09. The number of halogens is 3. The van der Waals surface area contributed by atoms with Gasteiger partial charge >= 0.3 is 0 Å². The van der Waals surface area contributed by atoms with E-state index in [1.165, 1.54) is 12.1 Å². The number of fused-ring (bicyclic) bond motifs is 1. The number of rotatable bonds is 5. The summed E-state index contributed by atoms with van der Waals surface area (Å²) >= 11 is 2.27. The second kappa shape index (κ2) is 8.10. The van der Waals surface area contributed by atoms with Crippen LogP contribution in [0.4, 0.5) is 8.78 Å². The molecule has 31 heavy (non-hydrogen) atoms. The van der Waals surface area contributed by atoms with Gasteiger partial charge < -0.3 is 14.7 Å². The lowest BCUT2D eigenvalue weighted by molar-refractivity contribution is 0.411. The van der Waals surface area contributed by atoms with Crippen molar-refractivity contribution in [3.63, 3.8) is 0 Å². The molecule has 0 saturated heterocycles. The number of H-pyrrole nitrogens is 2. The van der Waals surface area contributed by atoms with Crippen molar-refractivity contribution in [2.45, 2.75) is 6.42 Å². The Morgan fingerprint density at radius 1 is 0.968 bits per heavy atom. The molecule has 5 nitrogen and oxygen atoms in total. The Balaban J connectivity index is 1.41. The first-order valence-corrected chi connectivity index (χ1v) is 10.5. The molecule has 0 aliphatic rings. The second-order valence-electron chi connectivity index (χ2n) is 7.00. The van der Waals surface area contributed by atoms with E-state index in [-0.39, 0.29) is 5.39 Å². The predicted molar refractivity (Wildman–Crippen MR) is 122 cm³/mol. The van der Waals surface area contributed by atoms with Crippen LogP contribution in [0.25, 0.3) is 22.3 Å². The average molecular weight is 528 g/mol. The van der Waals surface area contributed by atoms with Crippen molar-refractivity contribution in [2.75, 3.05) is 0 Å². The van der Waals surface area contributed by atoms with Crippen LogP contribution >= 0.6 is 22.6 Å². The first-order chi connectivity index (χ1) is 15.1. The zero-order chi connectivity index (χ0) is 21.4. The van der Waals surface area contributed by atoms with Gasteiger partial charge in [-0.25, -0.2) is 8.78 Å². The molecule has 2 aromatic heterocycles. The van der Waals surface area contributed by atoms with Crippen molar-refractivity contribution in [1.29, 1.82) is 0 Å². The average Bonchev–Trinajstić information content (AvgIpc) is 3.41. The first kappa shape index (κ1) is 19.7. The van der Waals surface area contributed by atoms with Crippen LogP contribution in [0.15, 0.2) is 66.9 Å². The Morgan fingerprint density at radius 3 is 2.71 bits per heavy atom. The van der Waals surface area contributed by atoms with E-state index in [1.54, 1.807) is 24.4 Å². The van der Waals surface area contributed by atoms with Gasteiger partial charge in [-0.2, -0.15) is 0 Å². The lowest BCUT2D eigenvalue weighted by Crippen LogP contribution is -1.94. The minimum atomic E-state index is -0.780. The number of benzene rings is 3. The maximum atomic E-state index is 14.7. The molecule has 0 spiro atoms. The van der Waals surface area contributed by atoms with Crippen LogP contribution in [0.2, 0.25) is 0 Å². The topological polar surface area (TPSA) is 66.6 Å². The third-order valence-corrected chi connectivity index (χ3v) is 5.50. The van der Waals surface area contributed by atoms with Crippen LogP contribution < -0.4 is 4.74 Å². The van der Waals surface area contributed by atoms with Crippen molar-refractivity contribution in [3.05, 3.63) is 93.5 Å². The smallest absolute Gasteiger partial charge is 0.199 e. The maximum absolute atomic E-state index is 14.7. The Labute approximate surface area is 189 Å². The van der Waals surface area contributed by atoms with Gasteiger partial charge in [-0.15, -0.1) is 10.2 Å². The molecule has 0 radical (unpaired) electrons. The molecule has 0 unspecified atom stereocenters. The molecule has 5 aromatic rings. The van der Waals surface area contributed by atoms with E-state index in [4.69, 9.17) is 4.74 Å². The van der Waals surface area contributed by atoms with Gasteiger partial charge in [0.1, 0.15) is 11.6 Å². The summed E-state index contributed by atoms with van der Waals surface area (Å²) in [6.45, 7) is 0. The van der Waals surface area contributed by atoms with Gasteiger partial charge in [0.15, 0.2) is 23.2 Å². The molecule has 0 atom stereocenters. The molecule has 5 rings (SSSR count). The van der Waals surface area contributed by atoms with E-state index >= 15 is 0 Å². The van der Waals surface area contributed by atoms with E-state index in [2.05, 4.69) is 48.8 Å². The van der Waals surface area contributed by atoms with Crippen molar-refractivity contribution < 1.29 is 13.5 Å².